The molecule has 0 bridgehead atoms. The van der Waals surface area contributed by atoms with E-state index < -0.39 is 0 Å². The number of aromatic nitrogens is 2. The van der Waals surface area contributed by atoms with Crippen LogP contribution in [0.1, 0.15) is 0 Å². The van der Waals surface area contributed by atoms with Gasteiger partial charge in [-0.25, -0.2) is 4.39 Å². The minimum atomic E-state index is -0.272. The van der Waals surface area contributed by atoms with Crippen LogP contribution in [0.15, 0.2) is 36.4 Å². The number of hydrogen-bond acceptors (Lipinski definition) is 2. The number of aromatic amines is 1. The van der Waals surface area contributed by atoms with Gasteiger partial charge in [0.05, 0.1) is 5.69 Å². The molecule has 2 nitrogen and oxygen atoms in total. The lowest BCUT2D eigenvalue weighted by Crippen LogP contribution is -1.87. The Labute approximate surface area is 85.4 Å². The molecule has 0 atom stereocenters. The summed E-state index contributed by atoms with van der Waals surface area (Å²) in [6, 6.07) is 9.75. The van der Waals surface area contributed by atoms with Gasteiger partial charge in [-0.1, -0.05) is 24.4 Å². The van der Waals surface area contributed by atoms with Crippen molar-refractivity contribution < 1.29 is 4.39 Å². The predicted octanol–water partition coefficient (Wildman–Crippen LogP) is 2.95. The first-order valence-electron chi connectivity index (χ1n) is 4.07. The first kappa shape index (κ1) is 9.02. The molecule has 0 aliphatic heterocycles. The third kappa shape index (κ3) is 1.85. The van der Waals surface area contributed by atoms with Crippen LogP contribution in [0.25, 0.3) is 11.3 Å². The Morgan fingerprint density at radius 2 is 2.07 bits per heavy atom. The zero-order valence-electron chi connectivity index (χ0n) is 7.20. The minimum absolute atomic E-state index is 0.272. The van der Waals surface area contributed by atoms with Gasteiger partial charge in [-0.05, 0) is 24.3 Å². The number of nitrogens with one attached hydrogen (secondary N) is 1. The Bertz CT molecular complexity index is 487. The zero-order chi connectivity index (χ0) is 9.97. The van der Waals surface area contributed by atoms with E-state index in [2.05, 4.69) is 10.2 Å². The van der Waals surface area contributed by atoms with E-state index >= 15 is 0 Å². The van der Waals surface area contributed by atoms with Crippen molar-refractivity contribution in [3.05, 3.63) is 46.9 Å². The van der Waals surface area contributed by atoms with Crippen LogP contribution in [-0.2, 0) is 0 Å². The maximum absolute atomic E-state index is 12.9. The molecule has 0 aliphatic carbocycles. The Morgan fingerprint density at radius 3 is 2.71 bits per heavy atom. The van der Waals surface area contributed by atoms with Crippen LogP contribution in [0.3, 0.4) is 0 Å². The number of rotatable bonds is 1. The average Bonchev–Trinajstić information content (AvgIpc) is 2.19. The second kappa shape index (κ2) is 3.67. The van der Waals surface area contributed by atoms with E-state index in [0.717, 1.165) is 5.56 Å². The SMILES string of the molecule is Fc1cccc(-c2ccc(=S)[nH]n2)c1. The number of nitrogens with zero attached hydrogens (tertiary/aromatic N) is 1. The van der Waals surface area contributed by atoms with E-state index in [0.29, 0.717) is 10.3 Å². The van der Waals surface area contributed by atoms with Crippen LogP contribution in [0, 0.1) is 10.5 Å². The van der Waals surface area contributed by atoms with Crippen LogP contribution in [0.2, 0.25) is 0 Å². The van der Waals surface area contributed by atoms with Gasteiger partial charge in [-0.15, -0.1) is 0 Å². The molecule has 14 heavy (non-hydrogen) atoms. The molecule has 0 unspecified atom stereocenters. The highest BCUT2D eigenvalue weighted by Crippen LogP contribution is 2.16. The fourth-order valence-electron chi connectivity index (χ4n) is 1.15. The first-order valence-corrected chi connectivity index (χ1v) is 4.48. The fraction of sp³-hybridized carbons (Fsp3) is 0. The fourth-order valence-corrected chi connectivity index (χ4v) is 1.27. The summed E-state index contributed by atoms with van der Waals surface area (Å²) in [5.74, 6) is -0.272. The lowest BCUT2D eigenvalue weighted by molar-refractivity contribution is 0.628. The summed E-state index contributed by atoms with van der Waals surface area (Å²) in [7, 11) is 0. The molecule has 0 saturated heterocycles. The predicted molar refractivity (Wildman–Crippen MR) is 54.8 cm³/mol. The van der Waals surface area contributed by atoms with Crippen LogP contribution in [0.4, 0.5) is 4.39 Å². The van der Waals surface area contributed by atoms with Gasteiger partial charge in [0.1, 0.15) is 10.5 Å². The van der Waals surface area contributed by atoms with Gasteiger partial charge >= 0.3 is 0 Å². The Morgan fingerprint density at radius 1 is 1.21 bits per heavy atom. The third-order valence-corrected chi connectivity index (χ3v) is 2.03. The van der Waals surface area contributed by atoms with Crippen molar-refractivity contribution in [1.29, 1.82) is 0 Å². The van der Waals surface area contributed by atoms with E-state index in [9.17, 15) is 4.39 Å². The van der Waals surface area contributed by atoms with E-state index in [1.807, 2.05) is 0 Å². The Kier molecular flexibility index (Phi) is 2.37. The molecule has 1 aromatic carbocycles. The van der Waals surface area contributed by atoms with Crippen molar-refractivity contribution in [2.24, 2.45) is 0 Å². The van der Waals surface area contributed by atoms with Crippen LogP contribution in [0.5, 0.6) is 0 Å². The molecule has 4 heteroatoms. The summed E-state index contributed by atoms with van der Waals surface area (Å²) < 4.78 is 13.4. The number of benzene rings is 1. The minimum Gasteiger partial charge on any atom is -0.267 e. The van der Waals surface area contributed by atoms with Crippen molar-refractivity contribution in [3.8, 4) is 11.3 Å². The van der Waals surface area contributed by atoms with Crippen molar-refractivity contribution in [3.63, 3.8) is 0 Å². The lowest BCUT2D eigenvalue weighted by Gasteiger charge is -1.98. The van der Waals surface area contributed by atoms with Gasteiger partial charge in [-0.2, -0.15) is 5.10 Å². The topological polar surface area (TPSA) is 28.7 Å². The lowest BCUT2D eigenvalue weighted by atomic mass is 10.1. The molecule has 2 rings (SSSR count). The third-order valence-electron chi connectivity index (χ3n) is 1.80. The second-order valence-electron chi connectivity index (χ2n) is 2.82. The zero-order valence-corrected chi connectivity index (χ0v) is 8.01. The second-order valence-corrected chi connectivity index (χ2v) is 3.26. The quantitative estimate of drug-likeness (QED) is 0.727. The Hall–Kier alpha value is -1.55. The van der Waals surface area contributed by atoms with E-state index in [4.69, 9.17) is 12.2 Å². The summed E-state index contributed by atoms with van der Waals surface area (Å²) >= 11 is 4.86. The summed E-state index contributed by atoms with van der Waals surface area (Å²) in [6.07, 6.45) is 0. The van der Waals surface area contributed by atoms with Gasteiger partial charge in [0.25, 0.3) is 0 Å². The highest BCUT2D eigenvalue weighted by atomic mass is 32.1. The van der Waals surface area contributed by atoms with Gasteiger partial charge in [0.15, 0.2) is 0 Å². The van der Waals surface area contributed by atoms with Gasteiger partial charge in [0.2, 0.25) is 0 Å². The van der Waals surface area contributed by atoms with Crippen LogP contribution >= 0.6 is 12.2 Å². The average molecular weight is 206 g/mol. The summed E-state index contributed by atoms with van der Waals surface area (Å²) in [6.45, 7) is 0. The molecule has 1 aromatic heterocycles. The van der Waals surface area contributed by atoms with Crippen molar-refractivity contribution in [2.45, 2.75) is 0 Å². The maximum atomic E-state index is 12.9. The molecule has 0 fully saturated rings. The molecule has 2 aromatic rings. The summed E-state index contributed by atoms with van der Waals surface area (Å²) in [4.78, 5) is 0. The van der Waals surface area contributed by atoms with Crippen molar-refractivity contribution >= 4 is 12.2 Å². The standard InChI is InChI=1S/C10H7FN2S/c11-8-3-1-2-7(6-8)9-4-5-10(14)13-12-9/h1-6H,(H,13,14). The normalized spacial score (nSPS) is 10.1. The molecule has 0 saturated carbocycles. The van der Waals surface area contributed by atoms with Crippen molar-refractivity contribution in [2.75, 3.05) is 0 Å². The summed E-state index contributed by atoms with van der Waals surface area (Å²) in [5, 5.41) is 6.65. The molecule has 0 amide bonds. The van der Waals surface area contributed by atoms with E-state index in [-0.39, 0.29) is 5.82 Å². The van der Waals surface area contributed by atoms with Crippen molar-refractivity contribution in [1.82, 2.24) is 10.2 Å². The highest BCUT2D eigenvalue weighted by Gasteiger charge is 1.99. The molecule has 1 heterocycles. The molecule has 0 spiro atoms. The van der Waals surface area contributed by atoms with E-state index in [1.54, 1.807) is 24.3 Å². The number of hydrogen-bond donors (Lipinski definition) is 1. The highest BCUT2D eigenvalue weighted by molar-refractivity contribution is 7.71. The maximum Gasteiger partial charge on any atom is 0.123 e. The van der Waals surface area contributed by atoms with Gasteiger partial charge in [-0.3, -0.25) is 5.10 Å². The smallest absolute Gasteiger partial charge is 0.123 e. The molecule has 0 aliphatic rings. The van der Waals surface area contributed by atoms with E-state index in [1.165, 1.54) is 12.1 Å². The molecule has 70 valence electrons. The Balaban J connectivity index is 2.49. The first-order chi connectivity index (χ1) is 6.75. The number of H-pyrrole nitrogens is 1. The van der Waals surface area contributed by atoms with Crippen LogP contribution in [-0.4, -0.2) is 10.2 Å². The molecule has 0 radical (unpaired) electrons. The monoisotopic (exact) mass is 206 g/mol. The molecule has 1 N–H and O–H groups in total. The van der Waals surface area contributed by atoms with Gasteiger partial charge < -0.3 is 0 Å². The number of halogens is 1. The molecular formula is C10H7FN2S. The largest absolute Gasteiger partial charge is 0.267 e. The van der Waals surface area contributed by atoms with Crippen LogP contribution < -0.4 is 0 Å². The molecular weight excluding hydrogens is 199 g/mol. The summed E-state index contributed by atoms with van der Waals surface area (Å²) in [5.41, 5.74) is 1.41. The van der Waals surface area contributed by atoms with Gasteiger partial charge in [0, 0.05) is 5.56 Å².